The maximum atomic E-state index is 12.5. The van der Waals surface area contributed by atoms with Crippen LogP contribution >= 0.6 is 0 Å². The minimum Gasteiger partial charge on any atom is -0.324 e. The van der Waals surface area contributed by atoms with Gasteiger partial charge in [0.25, 0.3) is 0 Å². The van der Waals surface area contributed by atoms with E-state index < -0.39 is 0 Å². The van der Waals surface area contributed by atoms with E-state index in [0.29, 0.717) is 5.56 Å². The number of rotatable bonds is 4. The van der Waals surface area contributed by atoms with E-state index in [-0.39, 0.29) is 11.8 Å². The number of carbonyl (C=O) groups is 1. The fraction of sp³-hybridized carbons (Fsp3) is 0.235. The van der Waals surface area contributed by atoms with E-state index in [0.717, 1.165) is 23.1 Å². The number of ketones is 1. The molecule has 0 saturated heterocycles. The molecule has 0 bridgehead atoms. The number of hydrogen-bond acceptors (Lipinski definition) is 2. The first-order valence-corrected chi connectivity index (χ1v) is 6.59. The van der Waals surface area contributed by atoms with Crippen molar-refractivity contribution < 1.29 is 4.79 Å². The first-order chi connectivity index (χ1) is 9.13. The standard InChI is InChI=1S/C17H19NO/c1-3-16(18)13-8-6-9-14(11-13)17(19)15-10-5-4-7-12(15)2/h4-11,16H,3,18H2,1-2H3/t16-/m0/s1. The molecule has 0 aromatic heterocycles. The zero-order chi connectivity index (χ0) is 13.8. The molecular weight excluding hydrogens is 234 g/mol. The molecule has 0 saturated carbocycles. The molecule has 0 amide bonds. The lowest BCUT2D eigenvalue weighted by Crippen LogP contribution is -2.10. The number of aryl methyl sites for hydroxylation is 1. The molecular formula is C17H19NO. The summed E-state index contributed by atoms with van der Waals surface area (Å²) >= 11 is 0. The molecule has 0 aliphatic carbocycles. The zero-order valence-electron chi connectivity index (χ0n) is 11.4. The average Bonchev–Trinajstić information content (AvgIpc) is 2.46. The SMILES string of the molecule is CC[C@H](N)c1cccc(C(=O)c2ccccc2C)c1. The highest BCUT2D eigenvalue weighted by Gasteiger charge is 2.12. The van der Waals surface area contributed by atoms with Crippen LogP contribution in [0.2, 0.25) is 0 Å². The molecule has 2 rings (SSSR count). The summed E-state index contributed by atoms with van der Waals surface area (Å²) in [6.07, 6.45) is 0.863. The molecule has 19 heavy (non-hydrogen) atoms. The van der Waals surface area contributed by atoms with Gasteiger partial charge >= 0.3 is 0 Å². The highest BCUT2D eigenvalue weighted by molar-refractivity contribution is 6.09. The van der Waals surface area contributed by atoms with Crippen LogP contribution in [0.4, 0.5) is 0 Å². The van der Waals surface area contributed by atoms with Gasteiger partial charge in [0.1, 0.15) is 0 Å². The second-order valence-electron chi connectivity index (χ2n) is 4.78. The number of benzene rings is 2. The molecule has 2 heteroatoms. The summed E-state index contributed by atoms with van der Waals surface area (Å²) in [5, 5.41) is 0. The van der Waals surface area contributed by atoms with Crippen molar-refractivity contribution in [2.75, 3.05) is 0 Å². The second kappa shape index (κ2) is 5.81. The normalized spacial score (nSPS) is 12.2. The van der Waals surface area contributed by atoms with Gasteiger partial charge < -0.3 is 5.73 Å². The van der Waals surface area contributed by atoms with Crippen molar-refractivity contribution in [3.05, 3.63) is 70.8 Å². The van der Waals surface area contributed by atoms with Crippen LogP contribution in [0, 0.1) is 6.92 Å². The van der Waals surface area contributed by atoms with E-state index in [1.807, 2.05) is 62.4 Å². The first-order valence-electron chi connectivity index (χ1n) is 6.59. The molecule has 0 aliphatic heterocycles. The lowest BCUT2D eigenvalue weighted by atomic mass is 9.96. The van der Waals surface area contributed by atoms with Gasteiger partial charge in [-0.25, -0.2) is 0 Å². The minimum atomic E-state index is -0.00961. The summed E-state index contributed by atoms with van der Waals surface area (Å²) < 4.78 is 0. The number of hydrogen-bond donors (Lipinski definition) is 1. The molecule has 0 unspecified atom stereocenters. The van der Waals surface area contributed by atoms with Gasteiger partial charge in [-0.1, -0.05) is 49.4 Å². The topological polar surface area (TPSA) is 43.1 Å². The molecule has 0 aliphatic rings. The number of carbonyl (C=O) groups excluding carboxylic acids is 1. The van der Waals surface area contributed by atoms with Gasteiger partial charge in [-0.3, -0.25) is 4.79 Å². The molecule has 0 radical (unpaired) electrons. The monoisotopic (exact) mass is 253 g/mol. The molecule has 98 valence electrons. The smallest absolute Gasteiger partial charge is 0.193 e. The van der Waals surface area contributed by atoms with Crippen LogP contribution < -0.4 is 5.73 Å². The maximum Gasteiger partial charge on any atom is 0.193 e. The van der Waals surface area contributed by atoms with Crippen LogP contribution in [0.3, 0.4) is 0 Å². The third-order valence-electron chi connectivity index (χ3n) is 3.41. The van der Waals surface area contributed by atoms with E-state index in [1.54, 1.807) is 0 Å². The summed E-state index contributed by atoms with van der Waals surface area (Å²) in [6, 6.07) is 15.3. The van der Waals surface area contributed by atoms with Gasteiger partial charge in [-0.05, 0) is 30.5 Å². The van der Waals surface area contributed by atoms with E-state index in [4.69, 9.17) is 5.73 Å². The molecule has 2 nitrogen and oxygen atoms in total. The van der Waals surface area contributed by atoms with Gasteiger partial charge in [-0.2, -0.15) is 0 Å². The largest absolute Gasteiger partial charge is 0.324 e. The van der Waals surface area contributed by atoms with Crippen LogP contribution in [-0.2, 0) is 0 Å². The van der Waals surface area contributed by atoms with E-state index in [9.17, 15) is 4.79 Å². The van der Waals surface area contributed by atoms with Crippen molar-refractivity contribution in [3.8, 4) is 0 Å². The van der Waals surface area contributed by atoms with Gasteiger partial charge in [0.15, 0.2) is 5.78 Å². The van der Waals surface area contributed by atoms with Crippen LogP contribution in [0.1, 0.15) is 46.4 Å². The van der Waals surface area contributed by atoms with Crippen molar-refractivity contribution in [1.82, 2.24) is 0 Å². The second-order valence-corrected chi connectivity index (χ2v) is 4.78. The summed E-state index contributed by atoms with van der Waals surface area (Å²) in [5.74, 6) is 0.0586. The fourth-order valence-electron chi connectivity index (χ4n) is 2.13. The Morgan fingerprint density at radius 3 is 2.58 bits per heavy atom. The summed E-state index contributed by atoms with van der Waals surface area (Å²) in [4.78, 5) is 12.5. The van der Waals surface area contributed by atoms with E-state index in [2.05, 4.69) is 0 Å². The Balaban J connectivity index is 2.37. The third-order valence-corrected chi connectivity index (χ3v) is 3.41. The van der Waals surface area contributed by atoms with Crippen LogP contribution in [-0.4, -0.2) is 5.78 Å². The summed E-state index contributed by atoms with van der Waals surface area (Å²) in [7, 11) is 0. The van der Waals surface area contributed by atoms with Crippen molar-refractivity contribution in [1.29, 1.82) is 0 Å². The van der Waals surface area contributed by atoms with Gasteiger partial charge in [0, 0.05) is 17.2 Å². The molecule has 0 heterocycles. The predicted molar refractivity (Wildman–Crippen MR) is 78.3 cm³/mol. The molecule has 2 aromatic rings. The lowest BCUT2D eigenvalue weighted by molar-refractivity contribution is 0.103. The fourth-order valence-corrected chi connectivity index (χ4v) is 2.13. The molecule has 2 aromatic carbocycles. The highest BCUT2D eigenvalue weighted by Crippen LogP contribution is 2.19. The Hall–Kier alpha value is -1.93. The average molecular weight is 253 g/mol. The van der Waals surface area contributed by atoms with Gasteiger partial charge in [-0.15, -0.1) is 0 Å². The van der Waals surface area contributed by atoms with Crippen molar-refractivity contribution in [2.24, 2.45) is 5.73 Å². The van der Waals surface area contributed by atoms with Crippen molar-refractivity contribution in [2.45, 2.75) is 26.3 Å². The van der Waals surface area contributed by atoms with E-state index in [1.165, 1.54) is 0 Å². The van der Waals surface area contributed by atoms with Gasteiger partial charge in [0.05, 0.1) is 0 Å². The molecule has 2 N–H and O–H groups in total. The number of nitrogens with two attached hydrogens (primary N) is 1. The first kappa shape index (κ1) is 13.5. The lowest BCUT2D eigenvalue weighted by Gasteiger charge is -2.11. The Bertz CT molecular complexity index is 589. The van der Waals surface area contributed by atoms with Crippen LogP contribution in [0.25, 0.3) is 0 Å². The Kier molecular flexibility index (Phi) is 4.13. The van der Waals surface area contributed by atoms with Crippen molar-refractivity contribution >= 4 is 5.78 Å². The molecule has 0 spiro atoms. The Morgan fingerprint density at radius 1 is 1.16 bits per heavy atom. The minimum absolute atomic E-state index is 0.00961. The van der Waals surface area contributed by atoms with Gasteiger partial charge in [0.2, 0.25) is 0 Å². The van der Waals surface area contributed by atoms with Crippen LogP contribution in [0.15, 0.2) is 48.5 Å². The summed E-state index contributed by atoms with van der Waals surface area (Å²) in [6.45, 7) is 4.00. The Morgan fingerprint density at radius 2 is 1.89 bits per heavy atom. The zero-order valence-corrected chi connectivity index (χ0v) is 11.4. The van der Waals surface area contributed by atoms with Crippen LogP contribution in [0.5, 0.6) is 0 Å². The quantitative estimate of drug-likeness (QED) is 0.845. The van der Waals surface area contributed by atoms with Crippen molar-refractivity contribution in [3.63, 3.8) is 0 Å². The third kappa shape index (κ3) is 2.91. The molecule has 1 atom stereocenters. The summed E-state index contributed by atoms with van der Waals surface area (Å²) in [5.41, 5.74) is 9.49. The Labute approximate surface area is 114 Å². The maximum absolute atomic E-state index is 12.5. The highest BCUT2D eigenvalue weighted by atomic mass is 16.1. The predicted octanol–water partition coefficient (Wildman–Crippen LogP) is 3.64. The molecule has 0 fully saturated rings. The van der Waals surface area contributed by atoms with E-state index >= 15 is 0 Å².